The molecule has 0 bridgehead atoms. The molecule has 0 spiro atoms. The molecule has 3 amide bonds. The van der Waals surface area contributed by atoms with Crippen LogP contribution in [0.15, 0.2) is 41.8 Å². The molecule has 0 radical (unpaired) electrons. The molecule has 1 saturated heterocycles. The molecule has 30 heavy (non-hydrogen) atoms. The van der Waals surface area contributed by atoms with Gasteiger partial charge in [0.05, 0.1) is 5.92 Å². The zero-order chi connectivity index (χ0) is 20.9. The molecule has 1 N–H and O–H groups in total. The van der Waals surface area contributed by atoms with Crippen LogP contribution in [-0.4, -0.2) is 60.3 Å². The van der Waals surface area contributed by atoms with E-state index in [1.165, 1.54) is 4.88 Å². The summed E-state index contributed by atoms with van der Waals surface area (Å²) in [4.78, 5) is 41.8. The zero-order valence-electron chi connectivity index (χ0n) is 16.7. The second kappa shape index (κ2) is 9.30. The normalized spacial score (nSPS) is 18.7. The Bertz CT molecular complexity index is 915. The average molecular weight is 428 g/mol. The van der Waals surface area contributed by atoms with E-state index in [1.54, 1.807) is 21.1 Å². The fourth-order valence-electron chi connectivity index (χ4n) is 3.83. The first-order valence-corrected chi connectivity index (χ1v) is 11.0. The first-order chi connectivity index (χ1) is 14.6. The molecule has 1 atom stereocenters. The summed E-state index contributed by atoms with van der Waals surface area (Å²) in [6.07, 6.45) is 1.07. The summed E-state index contributed by atoms with van der Waals surface area (Å²) in [5.41, 5.74) is 0.956. The lowest BCUT2D eigenvalue weighted by Gasteiger charge is -2.21. The molecule has 0 aliphatic carbocycles. The van der Waals surface area contributed by atoms with Crippen LogP contribution in [0, 0.1) is 5.92 Å². The van der Waals surface area contributed by atoms with Crippen molar-refractivity contribution in [2.24, 2.45) is 5.92 Å². The number of hydrogen-bond donors (Lipinski definition) is 1. The van der Waals surface area contributed by atoms with Crippen LogP contribution < -0.4 is 10.1 Å². The molecular formula is C22H25N3O4S. The van der Waals surface area contributed by atoms with Crippen molar-refractivity contribution in [3.05, 3.63) is 52.2 Å². The van der Waals surface area contributed by atoms with Crippen molar-refractivity contribution in [1.29, 1.82) is 0 Å². The van der Waals surface area contributed by atoms with E-state index in [0.717, 1.165) is 17.7 Å². The highest BCUT2D eigenvalue weighted by Gasteiger charge is 2.34. The molecule has 2 aliphatic heterocycles. The van der Waals surface area contributed by atoms with Crippen LogP contribution in [0.5, 0.6) is 5.75 Å². The molecule has 8 heteroatoms. The number of nitrogens with zero attached hydrogens (tertiary/aromatic N) is 2. The van der Waals surface area contributed by atoms with Gasteiger partial charge in [-0.2, -0.15) is 0 Å². The van der Waals surface area contributed by atoms with Crippen LogP contribution in [0.25, 0.3) is 0 Å². The highest BCUT2D eigenvalue weighted by Crippen LogP contribution is 2.23. The average Bonchev–Trinajstić information content (AvgIpc) is 3.36. The summed E-state index contributed by atoms with van der Waals surface area (Å²) in [5, 5.41) is 4.92. The maximum Gasteiger partial charge on any atom is 0.260 e. The smallest absolute Gasteiger partial charge is 0.260 e. The van der Waals surface area contributed by atoms with E-state index in [-0.39, 0.29) is 36.7 Å². The summed E-state index contributed by atoms with van der Waals surface area (Å²) < 4.78 is 5.55. The molecular weight excluding hydrogens is 402 g/mol. The van der Waals surface area contributed by atoms with Gasteiger partial charge in [-0.25, -0.2) is 0 Å². The van der Waals surface area contributed by atoms with Crippen LogP contribution in [0.4, 0.5) is 0 Å². The Labute approximate surface area is 179 Å². The molecule has 1 aromatic carbocycles. The van der Waals surface area contributed by atoms with Crippen LogP contribution >= 0.6 is 11.3 Å². The number of benzene rings is 1. The minimum atomic E-state index is -0.329. The van der Waals surface area contributed by atoms with Gasteiger partial charge in [0.25, 0.3) is 5.91 Å². The van der Waals surface area contributed by atoms with Crippen molar-refractivity contribution in [3.8, 4) is 5.75 Å². The number of rotatable bonds is 7. The van der Waals surface area contributed by atoms with E-state index in [4.69, 9.17) is 4.74 Å². The van der Waals surface area contributed by atoms with Gasteiger partial charge in [-0.1, -0.05) is 24.3 Å². The van der Waals surface area contributed by atoms with Crippen LogP contribution in [0.1, 0.15) is 16.9 Å². The third-order valence-corrected chi connectivity index (χ3v) is 6.45. The van der Waals surface area contributed by atoms with Gasteiger partial charge >= 0.3 is 0 Å². The van der Waals surface area contributed by atoms with Gasteiger partial charge in [0, 0.05) is 49.6 Å². The maximum absolute atomic E-state index is 12.5. The molecule has 2 aromatic rings. The van der Waals surface area contributed by atoms with Crippen molar-refractivity contribution in [3.63, 3.8) is 0 Å². The molecule has 0 unspecified atom stereocenters. The molecule has 3 heterocycles. The predicted octanol–water partition coefficient (Wildman–Crippen LogP) is 1.68. The first kappa shape index (κ1) is 20.4. The fourth-order valence-corrected chi connectivity index (χ4v) is 4.52. The number of fused-ring (bicyclic) bond motifs is 1. The van der Waals surface area contributed by atoms with Crippen molar-refractivity contribution >= 4 is 29.1 Å². The lowest BCUT2D eigenvalue weighted by Crippen LogP contribution is -2.41. The Balaban J connectivity index is 1.24. The number of amides is 3. The molecule has 2 aliphatic rings. The molecule has 7 nitrogen and oxygen atoms in total. The largest absolute Gasteiger partial charge is 0.483 e. The number of nitrogens with one attached hydrogen (secondary N) is 1. The van der Waals surface area contributed by atoms with Gasteiger partial charge in [0.15, 0.2) is 6.61 Å². The van der Waals surface area contributed by atoms with E-state index in [9.17, 15) is 14.4 Å². The van der Waals surface area contributed by atoms with Crippen molar-refractivity contribution in [2.75, 3.05) is 32.8 Å². The number of carbonyl (C=O) groups is 3. The van der Waals surface area contributed by atoms with Gasteiger partial charge in [0.1, 0.15) is 5.75 Å². The van der Waals surface area contributed by atoms with Gasteiger partial charge in [-0.15, -0.1) is 11.3 Å². The number of likely N-dealkylation sites (tertiary alicyclic amines) is 1. The second-order valence-corrected chi connectivity index (χ2v) is 8.61. The summed E-state index contributed by atoms with van der Waals surface area (Å²) in [6, 6.07) is 11.7. The molecule has 1 aromatic heterocycles. The van der Waals surface area contributed by atoms with Crippen LogP contribution in [0.3, 0.4) is 0 Å². The Hall–Kier alpha value is -2.87. The monoisotopic (exact) mass is 427 g/mol. The maximum atomic E-state index is 12.5. The quantitative estimate of drug-likeness (QED) is 0.729. The second-order valence-electron chi connectivity index (χ2n) is 7.57. The van der Waals surface area contributed by atoms with Crippen molar-refractivity contribution in [2.45, 2.75) is 19.4 Å². The number of thiophene rings is 1. The number of ether oxygens (including phenoxy) is 1. The van der Waals surface area contributed by atoms with Gasteiger partial charge in [0.2, 0.25) is 11.8 Å². The minimum absolute atomic E-state index is 0.00128. The third-order valence-electron chi connectivity index (χ3n) is 5.51. The zero-order valence-corrected chi connectivity index (χ0v) is 17.5. The van der Waals surface area contributed by atoms with Crippen molar-refractivity contribution < 1.29 is 19.1 Å². The standard InChI is InChI=1S/C22H25N3O4S/c26-20-12-17(14-24(20)9-7-18-5-3-11-30-18)22(28)23-8-10-25-13-16-4-1-2-6-19(16)29-15-21(25)27/h1-6,11,17H,7-10,12-15H2,(H,23,28)/t17-/m1/s1. The molecule has 4 rings (SSSR count). The number of hydrogen-bond acceptors (Lipinski definition) is 5. The summed E-state index contributed by atoms with van der Waals surface area (Å²) >= 11 is 1.68. The Morgan fingerprint density at radius 3 is 2.80 bits per heavy atom. The topological polar surface area (TPSA) is 79.0 Å². The highest BCUT2D eigenvalue weighted by molar-refractivity contribution is 7.09. The van der Waals surface area contributed by atoms with E-state index in [2.05, 4.69) is 11.4 Å². The fraction of sp³-hybridized carbons (Fsp3) is 0.409. The lowest BCUT2D eigenvalue weighted by molar-refractivity contribution is -0.133. The van der Waals surface area contributed by atoms with E-state index >= 15 is 0 Å². The van der Waals surface area contributed by atoms with Gasteiger partial charge in [-0.05, 0) is 23.9 Å². The van der Waals surface area contributed by atoms with Gasteiger partial charge < -0.3 is 19.9 Å². The molecule has 1 fully saturated rings. The Morgan fingerprint density at radius 2 is 1.97 bits per heavy atom. The number of para-hydroxylation sites is 1. The highest BCUT2D eigenvalue weighted by atomic mass is 32.1. The van der Waals surface area contributed by atoms with E-state index < -0.39 is 0 Å². The van der Waals surface area contributed by atoms with Crippen LogP contribution in [0.2, 0.25) is 0 Å². The number of carbonyl (C=O) groups excluding carboxylic acids is 3. The lowest BCUT2D eigenvalue weighted by atomic mass is 10.1. The van der Waals surface area contributed by atoms with Crippen molar-refractivity contribution in [1.82, 2.24) is 15.1 Å². The Morgan fingerprint density at radius 1 is 1.10 bits per heavy atom. The summed E-state index contributed by atoms with van der Waals surface area (Å²) in [7, 11) is 0. The van der Waals surface area contributed by atoms with Gasteiger partial charge in [-0.3, -0.25) is 14.4 Å². The summed E-state index contributed by atoms with van der Waals surface area (Å²) in [5.74, 6) is 0.203. The SMILES string of the molecule is O=C(NCCN1Cc2ccccc2OCC1=O)[C@@H]1CC(=O)N(CCc2cccs2)C1. The predicted molar refractivity (Wildman–Crippen MR) is 113 cm³/mol. The van der Waals surface area contributed by atoms with E-state index in [0.29, 0.717) is 32.7 Å². The Kier molecular flexibility index (Phi) is 6.32. The summed E-state index contributed by atoms with van der Waals surface area (Å²) in [6.45, 7) is 2.33. The minimum Gasteiger partial charge on any atom is -0.483 e. The molecule has 0 saturated carbocycles. The first-order valence-electron chi connectivity index (χ1n) is 10.2. The molecule has 158 valence electrons. The third kappa shape index (κ3) is 4.81. The van der Waals surface area contributed by atoms with E-state index in [1.807, 2.05) is 35.7 Å². The van der Waals surface area contributed by atoms with Crippen LogP contribution in [-0.2, 0) is 27.3 Å².